The molecule has 0 aliphatic heterocycles. The number of ether oxygens (including phenoxy) is 1. The average Bonchev–Trinajstić information content (AvgIpc) is 2.26. The molecule has 0 bridgehead atoms. The normalized spacial score (nSPS) is 11.9. The third kappa shape index (κ3) is 2.40. The van der Waals surface area contributed by atoms with Crippen molar-refractivity contribution in [2.45, 2.75) is 6.92 Å². The van der Waals surface area contributed by atoms with Crippen LogP contribution >= 0.6 is 0 Å². The van der Waals surface area contributed by atoms with Gasteiger partial charge < -0.3 is 4.74 Å². The van der Waals surface area contributed by atoms with Crippen molar-refractivity contribution >= 4 is 11.8 Å². The molecule has 15 heavy (non-hydrogen) atoms. The molecule has 0 saturated carbocycles. The summed E-state index contributed by atoms with van der Waals surface area (Å²) in [6.45, 7) is 1.39. The first-order valence-corrected chi connectivity index (χ1v) is 4.44. The molecular weight excluding hydrogens is 199 g/mol. The van der Waals surface area contributed by atoms with Crippen molar-refractivity contribution < 1.29 is 18.7 Å². The van der Waals surface area contributed by atoms with Crippen molar-refractivity contribution in [1.29, 1.82) is 0 Å². The number of methoxy groups -OCH3 is 1. The SMILES string of the molecule is COC(=O)C(C)C(=O)c1ccccc1F. The topological polar surface area (TPSA) is 43.4 Å². The minimum absolute atomic E-state index is 0.0876. The van der Waals surface area contributed by atoms with Crippen LogP contribution in [0.4, 0.5) is 4.39 Å². The molecule has 0 radical (unpaired) electrons. The first kappa shape index (κ1) is 11.4. The summed E-state index contributed by atoms with van der Waals surface area (Å²) in [6, 6.07) is 5.55. The average molecular weight is 210 g/mol. The maximum absolute atomic E-state index is 13.2. The van der Waals surface area contributed by atoms with E-state index >= 15 is 0 Å². The molecule has 0 aliphatic rings. The zero-order chi connectivity index (χ0) is 11.4. The van der Waals surface area contributed by atoms with Crippen molar-refractivity contribution in [2.75, 3.05) is 7.11 Å². The number of carbonyl (C=O) groups excluding carboxylic acids is 2. The van der Waals surface area contributed by atoms with E-state index in [2.05, 4.69) is 4.74 Å². The number of Topliss-reactive ketones (excluding diaryl/α,β-unsaturated/α-hetero) is 1. The molecule has 0 aliphatic carbocycles. The summed E-state index contributed by atoms with van der Waals surface area (Å²) >= 11 is 0. The molecule has 80 valence electrons. The van der Waals surface area contributed by atoms with Gasteiger partial charge in [0.05, 0.1) is 12.7 Å². The summed E-state index contributed by atoms with van der Waals surface area (Å²) in [5.41, 5.74) is -0.0876. The quantitative estimate of drug-likeness (QED) is 0.434. The van der Waals surface area contributed by atoms with Crippen molar-refractivity contribution in [3.8, 4) is 0 Å². The number of hydrogen-bond donors (Lipinski definition) is 0. The Morgan fingerprint density at radius 2 is 1.93 bits per heavy atom. The third-order valence-electron chi connectivity index (χ3n) is 2.09. The largest absolute Gasteiger partial charge is 0.468 e. The van der Waals surface area contributed by atoms with E-state index in [-0.39, 0.29) is 5.56 Å². The van der Waals surface area contributed by atoms with Crippen LogP contribution in [0.15, 0.2) is 24.3 Å². The molecule has 0 aromatic heterocycles. The van der Waals surface area contributed by atoms with Gasteiger partial charge in [0.15, 0.2) is 5.78 Å². The molecular formula is C11H11FO3. The van der Waals surface area contributed by atoms with E-state index in [9.17, 15) is 14.0 Å². The maximum Gasteiger partial charge on any atom is 0.316 e. The van der Waals surface area contributed by atoms with Crippen molar-refractivity contribution in [3.63, 3.8) is 0 Å². The Morgan fingerprint density at radius 1 is 1.33 bits per heavy atom. The number of hydrogen-bond acceptors (Lipinski definition) is 3. The first-order chi connectivity index (χ1) is 7.07. The van der Waals surface area contributed by atoms with Crippen molar-refractivity contribution in [2.24, 2.45) is 5.92 Å². The van der Waals surface area contributed by atoms with E-state index in [4.69, 9.17) is 0 Å². The van der Waals surface area contributed by atoms with E-state index in [0.717, 1.165) is 0 Å². The minimum Gasteiger partial charge on any atom is -0.468 e. The first-order valence-electron chi connectivity index (χ1n) is 4.44. The van der Waals surface area contributed by atoms with Gasteiger partial charge in [-0.2, -0.15) is 0 Å². The summed E-state index contributed by atoms with van der Waals surface area (Å²) in [5, 5.41) is 0. The predicted octanol–water partition coefficient (Wildman–Crippen LogP) is 1.82. The number of halogens is 1. The molecule has 1 rings (SSSR count). The molecule has 0 spiro atoms. The van der Waals surface area contributed by atoms with E-state index in [1.807, 2.05) is 0 Å². The molecule has 4 heteroatoms. The molecule has 1 aromatic carbocycles. The molecule has 0 heterocycles. The van der Waals surface area contributed by atoms with Crippen molar-refractivity contribution in [1.82, 2.24) is 0 Å². The van der Waals surface area contributed by atoms with Crippen LogP contribution < -0.4 is 0 Å². The van der Waals surface area contributed by atoms with Crippen LogP contribution in [0.2, 0.25) is 0 Å². The molecule has 1 aromatic rings. The van der Waals surface area contributed by atoms with Gasteiger partial charge in [-0.3, -0.25) is 9.59 Å². The highest BCUT2D eigenvalue weighted by molar-refractivity contribution is 6.08. The van der Waals surface area contributed by atoms with Crippen molar-refractivity contribution in [3.05, 3.63) is 35.6 Å². The lowest BCUT2D eigenvalue weighted by Crippen LogP contribution is -2.23. The van der Waals surface area contributed by atoms with Crippen LogP contribution in [0, 0.1) is 11.7 Å². The van der Waals surface area contributed by atoms with Crippen LogP contribution in [0.1, 0.15) is 17.3 Å². The maximum atomic E-state index is 13.2. The Morgan fingerprint density at radius 3 is 2.47 bits per heavy atom. The lowest BCUT2D eigenvalue weighted by atomic mass is 9.99. The number of rotatable bonds is 3. The summed E-state index contributed by atoms with van der Waals surface area (Å²) in [5.74, 6) is -2.84. The molecule has 0 N–H and O–H groups in total. The van der Waals surface area contributed by atoms with E-state index < -0.39 is 23.5 Å². The van der Waals surface area contributed by atoms with E-state index in [0.29, 0.717) is 0 Å². The standard InChI is InChI=1S/C11H11FO3/c1-7(11(14)15-2)10(13)8-5-3-4-6-9(8)12/h3-7H,1-2H3. The summed E-state index contributed by atoms with van der Waals surface area (Å²) < 4.78 is 17.6. The number of ketones is 1. The third-order valence-corrected chi connectivity index (χ3v) is 2.09. The van der Waals surface area contributed by atoms with Crippen LogP contribution in [-0.2, 0) is 9.53 Å². The lowest BCUT2D eigenvalue weighted by Gasteiger charge is -2.08. The van der Waals surface area contributed by atoms with Gasteiger partial charge in [0.1, 0.15) is 11.7 Å². The van der Waals surface area contributed by atoms with Crippen LogP contribution in [-0.4, -0.2) is 18.9 Å². The van der Waals surface area contributed by atoms with Gasteiger partial charge in [-0.05, 0) is 19.1 Å². The Balaban J connectivity index is 2.95. The highest BCUT2D eigenvalue weighted by Gasteiger charge is 2.25. The summed E-state index contributed by atoms with van der Waals surface area (Å²) in [4.78, 5) is 22.7. The van der Waals surface area contributed by atoms with Crippen LogP contribution in [0.5, 0.6) is 0 Å². The molecule has 0 saturated heterocycles. The Bertz CT molecular complexity index is 387. The fraction of sp³-hybridized carbons (Fsp3) is 0.273. The zero-order valence-corrected chi connectivity index (χ0v) is 8.49. The van der Waals surface area contributed by atoms with Crippen LogP contribution in [0.3, 0.4) is 0 Å². The van der Waals surface area contributed by atoms with Gasteiger partial charge in [-0.15, -0.1) is 0 Å². The van der Waals surface area contributed by atoms with Gasteiger partial charge in [0.25, 0.3) is 0 Å². The Hall–Kier alpha value is -1.71. The summed E-state index contributed by atoms with van der Waals surface area (Å²) in [6.07, 6.45) is 0. The number of esters is 1. The van der Waals surface area contributed by atoms with Gasteiger partial charge in [-0.1, -0.05) is 12.1 Å². The zero-order valence-electron chi connectivity index (χ0n) is 8.49. The number of carbonyl (C=O) groups is 2. The second-order valence-corrected chi connectivity index (χ2v) is 3.09. The molecule has 0 fully saturated rings. The van der Waals surface area contributed by atoms with Crippen LogP contribution in [0.25, 0.3) is 0 Å². The Labute approximate surface area is 86.9 Å². The predicted molar refractivity (Wildman–Crippen MR) is 51.9 cm³/mol. The Kier molecular flexibility index (Phi) is 3.55. The lowest BCUT2D eigenvalue weighted by molar-refractivity contribution is -0.143. The molecule has 3 nitrogen and oxygen atoms in total. The van der Waals surface area contributed by atoms with E-state index in [1.165, 1.54) is 32.2 Å². The molecule has 1 atom stereocenters. The smallest absolute Gasteiger partial charge is 0.316 e. The second-order valence-electron chi connectivity index (χ2n) is 3.09. The van der Waals surface area contributed by atoms with E-state index in [1.54, 1.807) is 6.07 Å². The number of benzene rings is 1. The second kappa shape index (κ2) is 4.68. The molecule has 0 amide bonds. The van der Waals surface area contributed by atoms with Gasteiger partial charge in [0, 0.05) is 0 Å². The minimum atomic E-state index is -0.980. The highest BCUT2D eigenvalue weighted by atomic mass is 19.1. The summed E-state index contributed by atoms with van der Waals surface area (Å²) in [7, 11) is 1.19. The van der Waals surface area contributed by atoms with Gasteiger partial charge >= 0.3 is 5.97 Å². The monoisotopic (exact) mass is 210 g/mol. The fourth-order valence-corrected chi connectivity index (χ4v) is 1.18. The molecule has 1 unspecified atom stereocenters. The fourth-order valence-electron chi connectivity index (χ4n) is 1.18. The van der Waals surface area contributed by atoms with Gasteiger partial charge in [0.2, 0.25) is 0 Å². The van der Waals surface area contributed by atoms with Gasteiger partial charge in [-0.25, -0.2) is 4.39 Å². The highest BCUT2D eigenvalue weighted by Crippen LogP contribution is 2.13.